The lowest BCUT2D eigenvalue weighted by Gasteiger charge is -2.12. The third kappa shape index (κ3) is 3.13. The molecule has 2 aromatic carbocycles. The fourth-order valence-electron chi connectivity index (χ4n) is 1.54. The first-order valence-electron chi connectivity index (χ1n) is 5.19. The van der Waals surface area contributed by atoms with Crippen molar-refractivity contribution in [2.75, 3.05) is 5.32 Å². The van der Waals surface area contributed by atoms with E-state index in [4.69, 9.17) is 29.6 Å². The summed E-state index contributed by atoms with van der Waals surface area (Å²) in [4.78, 5) is 0.377. The molecular weight excluding hydrogens is 379 g/mol. The smallest absolute Gasteiger partial charge is 0.106 e. The van der Waals surface area contributed by atoms with Gasteiger partial charge in [-0.05, 0) is 52.9 Å². The molecular formula is C13H10ClIN2S. The van der Waals surface area contributed by atoms with Crippen molar-refractivity contribution in [2.45, 2.75) is 0 Å². The molecule has 92 valence electrons. The largest absolute Gasteiger partial charge is 0.389 e. The highest BCUT2D eigenvalue weighted by atomic mass is 127. The predicted octanol–water partition coefficient (Wildman–Crippen LogP) is 4.32. The number of rotatable bonds is 3. The van der Waals surface area contributed by atoms with Crippen LogP contribution >= 0.6 is 46.4 Å². The first-order chi connectivity index (χ1) is 8.58. The van der Waals surface area contributed by atoms with E-state index in [-0.39, 0.29) is 0 Å². The second-order valence-corrected chi connectivity index (χ2v) is 5.70. The zero-order chi connectivity index (χ0) is 13.1. The molecule has 0 radical (unpaired) electrons. The summed E-state index contributed by atoms with van der Waals surface area (Å²) in [6, 6.07) is 13.4. The van der Waals surface area contributed by atoms with Crippen LogP contribution in [0.4, 0.5) is 11.4 Å². The summed E-state index contributed by atoms with van der Waals surface area (Å²) in [5.74, 6) is 0. The molecule has 0 aliphatic carbocycles. The monoisotopic (exact) mass is 388 g/mol. The lowest BCUT2D eigenvalue weighted by Crippen LogP contribution is -2.11. The molecule has 0 aliphatic heterocycles. The molecule has 5 heteroatoms. The van der Waals surface area contributed by atoms with Gasteiger partial charge in [0.2, 0.25) is 0 Å². The number of halogens is 2. The van der Waals surface area contributed by atoms with Crippen LogP contribution in [0.1, 0.15) is 5.56 Å². The number of anilines is 2. The minimum Gasteiger partial charge on any atom is -0.389 e. The predicted molar refractivity (Wildman–Crippen MR) is 89.8 cm³/mol. The molecule has 0 aromatic heterocycles. The third-order valence-corrected chi connectivity index (χ3v) is 3.74. The molecule has 3 N–H and O–H groups in total. The van der Waals surface area contributed by atoms with Gasteiger partial charge in [0.15, 0.2) is 0 Å². The number of nitrogens with one attached hydrogen (secondary N) is 1. The summed E-state index contributed by atoms with van der Waals surface area (Å²) in [5, 5.41) is 4.03. The normalized spacial score (nSPS) is 10.1. The van der Waals surface area contributed by atoms with Crippen LogP contribution in [0.25, 0.3) is 0 Å². The van der Waals surface area contributed by atoms with Crippen molar-refractivity contribution in [3.8, 4) is 0 Å². The van der Waals surface area contributed by atoms with Crippen molar-refractivity contribution in [1.29, 1.82) is 0 Å². The molecule has 0 unspecified atom stereocenters. The van der Waals surface area contributed by atoms with Crippen LogP contribution < -0.4 is 11.1 Å². The summed E-state index contributed by atoms with van der Waals surface area (Å²) >= 11 is 13.2. The SMILES string of the molecule is NC(=S)c1ccccc1Nc1ccc(Cl)cc1I. The summed E-state index contributed by atoms with van der Waals surface area (Å²) in [5.41, 5.74) is 8.40. The number of nitrogens with two attached hydrogens (primary N) is 1. The Morgan fingerprint density at radius 2 is 1.89 bits per heavy atom. The van der Waals surface area contributed by atoms with Gasteiger partial charge in [0.1, 0.15) is 4.99 Å². The Bertz CT molecular complexity index is 601. The maximum absolute atomic E-state index is 5.93. The van der Waals surface area contributed by atoms with Gasteiger partial charge < -0.3 is 11.1 Å². The zero-order valence-corrected chi connectivity index (χ0v) is 13.0. The second kappa shape index (κ2) is 5.86. The van der Waals surface area contributed by atoms with E-state index in [0.717, 1.165) is 20.5 Å². The molecule has 2 aromatic rings. The summed E-state index contributed by atoms with van der Waals surface area (Å²) in [6.45, 7) is 0. The number of hydrogen-bond donors (Lipinski definition) is 2. The molecule has 18 heavy (non-hydrogen) atoms. The van der Waals surface area contributed by atoms with Gasteiger partial charge in [-0.25, -0.2) is 0 Å². The maximum Gasteiger partial charge on any atom is 0.106 e. The van der Waals surface area contributed by atoms with E-state index in [1.165, 1.54) is 0 Å². The lowest BCUT2D eigenvalue weighted by molar-refractivity contribution is 1.50. The summed E-state index contributed by atoms with van der Waals surface area (Å²) in [6.07, 6.45) is 0. The molecule has 0 heterocycles. The van der Waals surface area contributed by atoms with E-state index >= 15 is 0 Å². The number of hydrogen-bond acceptors (Lipinski definition) is 2. The van der Waals surface area contributed by atoms with Gasteiger partial charge in [-0.2, -0.15) is 0 Å². The van der Waals surface area contributed by atoms with Gasteiger partial charge in [0.25, 0.3) is 0 Å². The van der Waals surface area contributed by atoms with Crippen LogP contribution in [-0.4, -0.2) is 4.99 Å². The van der Waals surface area contributed by atoms with E-state index < -0.39 is 0 Å². The van der Waals surface area contributed by atoms with Crippen molar-refractivity contribution >= 4 is 62.8 Å². The molecule has 0 aliphatic rings. The average Bonchev–Trinajstić information content (AvgIpc) is 2.33. The Kier molecular flexibility index (Phi) is 4.42. The Balaban J connectivity index is 2.37. The standard InChI is InChI=1S/C13H10ClIN2S/c14-8-5-6-12(10(15)7-8)17-11-4-2-1-3-9(11)13(16)18/h1-7,17H,(H2,16,18). The first kappa shape index (κ1) is 13.6. The number of para-hydroxylation sites is 1. The van der Waals surface area contributed by atoms with E-state index in [1.54, 1.807) is 0 Å². The van der Waals surface area contributed by atoms with Crippen LogP contribution in [0.2, 0.25) is 5.02 Å². The Hall–Kier alpha value is -0.850. The minimum atomic E-state index is 0.377. The lowest BCUT2D eigenvalue weighted by atomic mass is 10.1. The molecule has 0 saturated carbocycles. The van der Waals surface area contributed by atoms with E-state index in [2.05, 4.69) is 27.9 Å². The Morgan fingerprint density at radius 1 is 1.17 bits per heavy atom. The van der Waals surface area contributed by atoms with Gasteiger partial charge in [0, 0.05) is 19.8 Å². The topological polar surface area (TPSA) is 38.0 Å². The van der Waals surface area contributed by atoms with Crippen molar-refractivity contribution in [3.63, 3.8) is 0 Å². The van der Waals surface area contributed by atoms with Crippen molar-refractivity contribution in [2.24, 2.45) is 5.73 Å². The third-order valence-electron chi connectivity index (χ3n) is 2.39. The molecule has 2 rings (SSSR count). The fourth-order valence-corrected chi connectivity index (χ4v) is 2.73. The van der Waals surface area contributed by atoms with E-state index in [0.29, 0.717) is 10.0 Å². The van der Waals surface area contributed by atoms with Crippen molar-refractivity contribution in [1.82, 2.24) is 0 Å². The molecule has 0 bridgehead atoms. The molecule has 0 amide bonds. The Morgan fingerprint density at radius 3 is 2.56 bits per heavy atom. The average molecular weight is 389 g/mol. The van der Waals surface area contributed by atoms with Crippen LogP contribution in [0.15, 0.2) is 42.5 Å². The number of benzene rings is 2. The molecule has 0 spiro atoms. The molecule has 0 atom stereocenters. The van der Waals surface area contributed by atoms with Crippen molar-refractivity contribution < 1.29 is 0 Å². The van der Waals surface area contributed by atoms with Crippen LogP contribution in [0.3, 0.4) is 0 Å². The molecule has 2 nitrogen and oxygen atoms in total. The van der Waals surface area contributed by atoms with Crippen LogP contribution in [-0.2, 0) is 0 Å². The second-order valence-electron chi connectivity index (χ2n) is 3.66. The quantitative estimate of drug-likeness (QED) is 0.607. The van der Waals surface area contributed by atoms with Gasteiger partial charge >= 0.3 is 0 Å². The van der Waals surface area contributed by atoms with E-state index in [9.17, 15) is 0 Å². The zero-order valence-electron chi connectivity index (χ0n) is 9.28. The number of thiocarbonyl (C=S) groups is 1. The highest BCUT2D eigenvalue weighted by Crippen LogP contribution is 2.27. The molecule has 0 saturated heterocycles. The van der Waals surface area contributed by atoms with Crippen LogP contribution in [0.5, 0.6) is 0 Å². The summed E-state index contributed by atoms with van der Waals surface area (Å²) < 4.78 is 1.04. The minimum absolute atomic E-state index is 0.377. The van der Waals surface area contributed by atoms with Gasteiger partial charge in [0.05, 0.1) is 5.69 Å². The summed E-state index contributed by atoms with van der Waals surface area (Å²) in [7, 11) is 0. The molecule has 0 fully saturated rings. The maximum atomic E-state index is 5.93. The van der Waals surface area contributed by atoms with Gasteiger partial charge in [-0.1, -0.05) is 36.0 Å². The highest BCUT2D eigenvalue weighted by Gasteiger charge is 2.06. The van der Waals surface area contributed by atoms with Gasteiger partial charge in [-0.3, -0.25) is 0 Å². The van der Waals surface area contributed by atoms with Crippen molar-refractivity contribution in [3.05, 3.63) is 56.6 Å². The first-order valence-corrected chi connectivity index (χ1v) is 7.05. The fraction of sp³-hybridized carbons (Fsp3) is 0. The van der Waals surface area contributed by atoms with Crippen LogP contribution in [0, 0.1) is 3.57 Å². The van der Waals surface area contributed by atoms with E-state index in [1.807, 2.05) is 42.5 Å². The van der Waals surface area contributed by atoms with Gasteiger partial charge in [-0.15, -0.1) is 0 Å². The highest BCUT2D eigenvalue weighted by molar-refractivity contribution is 14.1. The Labute approximate surface area is 130 Å².